The number of nitrogens with zero attached hydrogens (tertiary/aromatic N) is 1. The Hall–Kier alpha value is -0.840. The Bertz CT molecular complexity index is 398. The highest BCUT2D eigenvalue weighted by molar-refractivity contribution is 5.93. The number of pyridine rings is 1. The van der Waals surface area contributed by atoms with Crippen molar-refractivity contribution in [2.45, 2.75) is 38.1 Å². The fourth-order valence-corrected chi connectivity index (χ4v) is 2.45. The van der Waals surface area contributed by atoms with Gasteiger partial charge in [-0.2, -0.15) is 0 Å². The number of halogens is 2. The molecule has 0 saturated heterocycles. The summed E-state index contributed by atoms with van der Waals surface area (Å²) in [7, 11) is 0. The number of nitrogens with one attached hydrogen (secondary N) is 1. The van der Waals surface area contributed by atoms with E-state index in [1.165, 1.54) is 0 Å². The Labute approximate surface area is 126 Å². The summed E-state index contributed by atoms with van der Waals surface area (Å²) >= 11 is 0. The fourth-order valence-electron chi connectivity index (χ4n) is 2.45. The number of carbonyl (C=O) groups excluding carboxylic acids is 1. The minimum absolute atomic E-state index is 0. The number of carbonyl (C=O) groups is 1. The lowest BCUT2D eigenvalue weighted by atomic mass is 9.74. The molecule has 1 aliphatic carbocycles. The van der Waals surface area contributed by atoms with E-state index in [2.05, 4.69) is 10.3 Å². The standard InChI is InChI=1S/C13H19N3O.2ClH/c1-13(14)7-3-2-4-11(13)12(17)16-10-5-8-15-9-6-10;;/h5-6,8-9,11H,2-4,7,14H2,1H3,(H,15,16,17);2*1H. The first-order chi connectivity index (χ1) is 8.09. The minimum atomic E-state index is -0.380. The van der Waals surface area contributed by atoms with Crippen LogP contribution in [0.5, 0.6) is 0 Å². The second-order valence-electron chi connectivity index (χ2n) is 5.03. The molecule has 0 aromatic carbocycles. The van der Waals surface area contributed by atoms with Crippen molar-refractivity contribution >= 4 is 36.4 Å². The molecule has 1 aromatic rings. The van der Waals surface area contributed by atoms with Crippen molar-refractivity contribution in [1.82, 2.24) is 4.98 Å². The molecule has 1 fully saturated rings. The number of rotatable bonds is 2. The monoisotopic (exact) mass is 305 g/mol. The van der Waals surface area contributed by atoms with Crippen LogP contribution in [0.4, 0.5) is 5.69 Å². The van der Waals surface area contributed by atoms with Crippen LogP contribution in [0.25, 0.3) is 0 Å². The maximum Gasteiger partial charge on any atom is 0.229 e. The summed E-state index contributed by atoms with van der Waals surface area (Å²) in [6.07, 6.45) is 7.33. The highest BCUT2D eigenvalue weighted by Gasteiger charge is 2.37. The van der Waals surface area contributed by atoms with E-state index >= 15 is 0 Å². The molecule has 4 nitrogen and oxygen atoms in total. The van der Waals surface area contributed by atoms with E-state index in [1.807, 2.05) is 6.92 Å². The van der Waals surface area contributed by atoms with E-state index in [9.17, 15) is 4.79 Å². The van der Waals surface area contributed by atoms with E-state index < -0.39 is 0 Å². The molecule has 2 atom stereocenters. The van der Waals surface area contributed by atoms with Crippen molar-refractivity contribution in [2.75, 3.05) is 5.32 Å². The molecule has 0 aliphatic heterocycles. The van der Waals surface area contributed by atoms with Gasteiger partial charge in [0.15, 0.2) is 0 Å². The number of nitrogens with two attached hydrogens (primary N) is 1. The first-order valence-corrected chi connectivity index (χ1v) is 6.09. The lowest BCUT2D eigenvalue weighted by Crippen LogP contribution is -2.51. The van der Waals surface area contributed by atoms with Crippen LogP contribution in [0, 0.1) is 5.92 Å². The highest BCUT2D eigenvalue weighted by atomic mass is 35.5. The Morgan fingerprint density at radius 3 is 2.58 bits per heavy atom. The number of amides is 1. The van der Waals surface area contributed by atoms with E-state index in [0.29, 0.717) is 0 Å². The quantitative estimate of drug-likeness (QED) is 0.883. The number of hydrogen-bond acceptors (Lipinski definition) is 3. The normalized spacial score (nSPS) is 25.7. The summed E-state index contributed by atoms with van der Waals surface area (Å²) in [6, 6.07) is 3.57. The van der Waals surface area contributed by atoms with E-state index in [4.69, 9.17) is 5.73 Å². The first-order valence-electron chi connectivity index (χ1n) is 6.09. The lowest BCUT2D eigenvalue weighted by Gasteiger charge is -2.37. The fraction of sp³-hybridized carbons (Fsp3) is 0.538. The molecule has 19 heavy (non-hydrogen) atoms. The molecule has 2 rings (SSSR count). The zero-order valence-corrected chi connectivity index (χ0v) is 12.6. The Morgan fingerprint density at radius 1 is 1.37 bits per heavy atom. The molecule has 3 N–H and O–H groups in total. The molecule has 1 aliphatic rings. The molecule has 1 aromatic heterocycles. The summed E-state index contributed by atoms with van der Waals surface area (Å²) in [5.41, 5.74) is 6.61. The van der Waals surface area contributed by atoms with Gasteiger partial charge in [0, 0.05) is 23.6 Å². The first kappa shape index (κ1) is 18.2. The Balaban J connectivity index is 0.00000162. The third kappa shape index (κ3) is 4.64. The molecule has 108 valence electrons. The number of aromatic nitrogens is 1. The molecule has 1 saturated carbocycles. The third-order valence-corrected chi connectivity index (χ3v) is 3.52. The highest BCUT2D eigenvalue weighted by Crippen LogP contribution is 2.32. The van der Waals surface area contributed by atoms with Gasteiger partial charge in [0.2, 0.25) is 5.91 Å². The zero-order valence-electron chi connectivity index (χ0n) is 11.0. The van der Waals surface area contributed by atoms with Crippen molar-refractivity contribution in [1.29, 1.82) is 0 Å². The van der Waals surface area contributed by atoms with Gasteiger partial charge in [-0.3, -0.25) is 9.78 Å². The predicted molar refractivity (Wildman–Crippen MR) is 81.9 cm³/mol. The van der Waals surface area contributed by atoms with Crippen LogP contribution in [-0.4, -0.2) is 16.4 Å². The van der Waals surface area contributed by atoms with Crippen molar-refractivity contribution in [2.24, 2.45) is 11.7 Å². The van der Waals surface area contributed by atoms with Crippen molar-refractivity contribution < 1.29 is 4.79 Å². The molecule has 0 spiro atoms. The lowest BCUT2D eigenvalue weighted by molar-refractivity contribution is -0.122. The van der Waals surface area contributed by atoms with Crippen LogP contribution in [0.1, 0.15) is 32.6 Å². The van der Waals surface area contributed by atoms with Gasteiger partial charge in [-0.15, -0.1) is 24.8 Å². The average Bonchev–Trinajstić information content (AvgIpc) is 2.29. The summed E-state index contributed by atoms with van der Waals surface area (Å²) < 4.78 is 0. The van der Waals surface area contributed by atoms with Gasteiger partial charge in [-0.1, -0.05) is 12.8 Å². The molecular weight excluding hydrogens is 285 g/mol. The van der Waals surface area contributed by atoms with Gasteiger partial charge < -0.3 is 11.1 Å². The SMILES string of the molecule is CC1(N)CCCCC1C(=O)Nc1ccncc1.Cl.Cl. The van der Waals surface area contributed by atoms with Gasteiger partial charge in [-0.05, 0) is 31.9 Å². The van der Waals surface area contributed by atoms with Crippen molar-refractivity contribution in [3.05, 3.63) is 24.5 Å². The van der Waals surface area contributed by atoms with Crippen LogP contribution in [0.2, 0.25) is 0 Å². The van der Waals surface area contributed by atoms with Crippen LogP contribution in [0.3, 0.4) is 0 Å². The summed E-state index contributed by atoms with van der Waals surface area (Å²) in [6.45, 7) is 1.98. The van der Waals surface area contributed by atoms with E-state index in [0.717, 1.165) is 31.4 Å². The van der Waals surface area contributed by atoms with Crippen LogP contribution < -0.4 is 11.1 Å². The topological polar surface area (TPSA) is 68.0 Å². The van der Waals surface area contributed by atoms with Gasteiger partial charge in [0.1, 0.15) is 0 Å². The van der Waals surface area contributed by atoms with Crippen molar-refractivity contribution in [3.63, 3.8) is 0 Å². The van der Waals surface area contributed by atoms with Crippen LogP contribution >= 0.6 is 24.8 Å². The smallest absolute Gasteiger partial charge is 0.229 e. The molecule has 0 bridgehead atoms. The number of anilines is 1. The van der Waals surface area contributed by atoms with Gasteiger partial charge in [0.05, 0.1) is 5.92 Å². The number of hydrogen-bond donors (Lipinski definition) is 2. The molecule has 0 radical (unpaired) electrons. The second kappa shape index (κ2) is 7.68. The second-order valence-corrected chi connectivity index (χ2v) is 5.03. The maximum atomic E-state index is 12.2. The predicted octanol–water partition coefficient (Wildman–Crippen LogP) is 2.77. The average molecular weight is 306 g/mol. The molecule has 6 heteroatoms. The Kier molecular flexibility index (Phi) is 7.34. The summed E-state index contributed by atoms with van der Waals surface area (Å²) in [5, 5.41) is 2.91. The summed E-state index contributed by atoms with van der Waals surface area (Å²) in [4.78, 5) is 16.1. The third-order valence-electron chi connectivity index (χ3n) is 3.52. The van der Waals surface area contributed by atoms with Gasteiger partial charge >= 0.3 is 0 Å². The minimum Gasteiger partial charge on any atom is -0.326 e. The largest absolute Gasteiger partial charge is 0.326 e. The van der Waals surface area contributed by atoms with Gasteiger partial charge in [-0.25, -0.2) is 0 Å². The van der Waals surface area contributed by atoms with E-state index in [-0.39, 0.29) is 42.2 Å². The summed E-state index contributed by atoms with van der Waals surface area (Å²) in [5.74, 6) is -0.0645. The van der Waals surface area contributed by atoms with Gasteiger partial charge in [0.25, 0.3) is 0 Å². The maximum absolute atomic E-state index is 12.2. The molecule has 1 heterocycles. The molecular formula is C13H21Cl2N3O. The van der Waals surface area contributed by atoms with Crippen LogP contribution in [-0.2, 0) is 4.79 Å². The Morgan fingerprint density at radius 2 is 2.00 bits per heavy atom. The van der Waals surface area contributed by atoms with E-state index in [1.54, 1.807) is 24.5 Å². The van der Waals surface area contributed by atoms with Crippen LogP contribution in [0.15, 0.2) is 24.5 Å². The molecule has 2 unspecified atom stereocenters. The van der Waals surface area contributed by atoms with Crippen molar-refractivity contribution in [3.8, 4) is 0 Å². The zero-order chi connectivity index (χ0) is 12.3. The molecule has 1 amide bonds.